The number of nitrogens with zero attached hydrogens (tertiary/aromatic N) is 2. The molecule has 0 spiro atoms. The fourth-order valence-corrected chi connectivity index (χ4v) is 4.52. The highest BCUT2D eigenvalue weighted by atomic mass is 127. The fourth-order valence-electron chi connectivity index (χ4n) is 4.52. The molecule has 2 aliphatic heterocycles. The van der Waals surface area contributed by atoms with Crippen LogP contribution in [0.1, 0.15) is 48.8 Å². The van der Waals surface area contributed by atoms with Crippen molar-refractivity contribution < 1.29 is 9.59 Å². The Bertz CT molecular complexity index is 1030. The van der Waals surface area contributed by atoms with Gasteiger partial charge < -0.3 is 20.9 Å². The number of hydrogen-bond donors (Lipinski definition) is 3. The average molecular weight is 575 g/mol. The number of aliphatic imine (C=N–C) groups is 1. The summed E-state index contributed by atoms with van der Waals surface area (Å²) in [6, 6.07) is 16.3. The number of anilines is 1. The summed E-state index contributed by atoms with van der Waals surface area (Å²) in [6.07, 6.45) is 2.63. The van der Waals surface area contributed by atoms with E-state index in [1.807, 2.05) is 36.1 Å². The number of benzene rings is 2. The molecule has 3 N–H and O–H groups in total. The Balaban J connectivity index is 0.00000324. The maximum atomic E-state index is 12.7. The Morgan fingerprint density at radius 1 is 1.12 bits per heavy atom. The van der Waals surface area contributed by atoms with Crippen molar-refractivity contribution in [3.05, 3.63) is 65.2 Å². The number of carbonyl (C=O) groups excluding carboxylic acids is 2. The largest absolute Gasteiger partial charge is 0.357 e. The van der Waals surface area contributed by atoms with Gasteiger partial charge in [0.15, 0.2) is 5.96 Å². The molecule has 0 bridgehead atoms. The first-order chi connectivity index (χ1) is 16.1. The molecule has 8 heteroatoms. The van der Waals surface area contributed by atoms with Crippen LogP contribution in [0, 0.1) is 0 Å². The minimum absolute atomic E-state index is 0. The Morgan fingerprint density at radius 3 is 2.71 bits per heavy atom. The molecule has 2 heterocycles. The van der Waals surface area contributed by atoms with Gasteiger partial charge in [0.1, 0.15) is 0 Å². The van der Waals surface area contributed by atoms with Gasteiger partial charge in [0.05, 0.1) is 6.54 Å². The Labute approximate surface area is 218 Å². The molecule has 0 radical (unpaired) electrons. The molecule has 2 aliphatic rings. The molecule has 1 atom stereocenters. The van der Waals surface area contributed by atoms with Gasteiger partial charge in [-0.3, -0.25) is 14.6 Å². The van der Waals surface area contributed by atoms with Crippen molar-refractivity contribution in [1.82, 2.24) is 15.5 Å². The van der Waals surface area contributed by atoms with E-state index in [1.54, 1.807) is 0 Å². The minimum atomic E-state index is 0. The highest BCUT2D eigenvalue weighted by Gasteiger charge is 2.24. The highest BCUT2D eigenvalue weighted by Crippen LogP contribution is 2.32. The lowest BCUT2D eigenvalue weighted by atomic mass is 9.91. The number of rotatable bonds is 7. The number of nitrogens with one attached hydrogen (secondary N) is 3. The lowest BCUT2D eigenvalue weighted by Crippen LogP contribution is -2.39. The number of hydrogen-bond acceptors (Lipinski definition) is 3. The zero-order valence-corrected chi connectivity index (χ0v) is 22.0. The number of carbonyl (C=O) groups is 2. The van der Waals surface area contributed by atoms with Crippen LogP contribution in [0.2, 0.25) is 0 Å². The van der Waals surface area contributed by atoms with Crippen molar-refractivity contribution in [1.29, 1.82) is 0 Å². The smallest absolute Gasteiger partial charge is 0.225 e. The van der Waals surface area contributed by atoms with Gasteiger partial charge in [0.2, 0.25) is 11.8 Å². The van der Waals surface area contributed by atoms with Crippen LogP contribution in [-0.4, -0.2) is 48.9 Å². The standard InChI is InChI=1S/C26H33N5O2.HI/c1-2-27-26(29-17-21-16-24(32)30-23-11-6-5-10-22(21)23)28-14-7-12-25(33)31-15-13-19-8-3-4-9-20(19)18-31;/h3-6,8-11,21H,2,7,12-18H2,1H3,(H,30,32)(H2,27,28,29);1H. The molecule has 2 aromatic carbocycles. The highest BCUT2D eigenvalue weighted by molar-refractivity contribution is 14.0. The summed E-state index contributed by atoms with van der Waals surface area (Å²) in [5, 5.41) is 9.53. The second-order valence-electron chi connectivity index (χ2n) is 8.62. The van der Waals surface area contributed by atoms with Crippen molar-refractivity contribution in [2.24, 2.45) is 4.99 Å². The molecule has 4 rings (SSSR count). The van der Waals surface area contributed by atoms with E-state index >= 15 is 0 Å². The molecule has 0 aromatic heterocycles. The molecule has 2 amide bonds. The third-order valence-corrected chi connectivity index (χ3v) is 6.26. The van der Waals surface area contributed by atoms with Gasteiger partial charge in [-0.05, 0) is 42.5 Å². The van der Waals surface area contributed by atoms with Gasteiger partial charge in [-0.1, -0.05) is 42.5 Å². The molecule has 34 heavy (non-hydrogen) atoms. The van der Waals surface area contributed by atoms with Crippen molar-refractivity contribution in [3.8, 4) is 0 Å². The number of para-hydroxylation sites is 1. The molecule has 2 aromatic rings. The molecule has 1 unspecified atom stereocenters. The lowest BCUT2D eigenvalue weighted by Gasteiger charge is -2.29. The maximum absolute atomic E-state index is 12.7. The predicted octanol–water partition coefficient (Wildman–Crippen LogP) is 3.65. The van der Waals surface area contributed by atoms with E-state index in [9.17, 15) is 9.59 Å². The monoisotopic (exact) mass is 575 g/mol. The van der Waals surface area contributed by atoms with Crippen LogP contribution < -0.4 is 16.0 Å². The van der Waals surface area contributed by atoms with Gasteiger partial charge >= 0.3 is 0 Å². The summed E-state index contributed by atoms with van der Waals surface area (Å²) >= 11 is 0. The van der Waals surface area contributed by atoms with E-state index in [4.69, 9.17) is 4.99 Å². The SMILES string of the molecule is CCNC(=NCC1CC(=O)Nc2ccccc21)NCCCC(=O)N1CCc2ccccc2C1.I. The minimum Gasteiger partial charge on any atom is -0.357 e. The lowest BCUT2D eigenvalue weighted by molar-refractivity contribution is -0.132. The second-order valence-corrected chi connectivity index (χ2v) is 8.62. The number of fused-ring (bicyclic) bond motifs is 2. The predicted molar refractivity (Wildman–Crippen MR) is 147 cm³/mol. The van der Waals surface area contributed by atoms with Crippen molar-refractivity contribution >= 4 is 47.4 Å². The van der Waals surface area contributed by atoms with E-state index < -0.39 is 0 Å². The third kappa shape index (κ3) is 6.71. The second kappa shape index (κ2) is 12.7. The van der Waals surface area contributed by atoms with Gasteiger partial charge in [0, 0.05) is 50.6 Å². The third-order valence-electron chi connectivity index (χ3n) is 6.26. The molecule has 0 saturated carbocycles. The van der Waals surface area contributed by atoms with Crippen molar-refractivity contribution in [2.75, 3.05) is 31.5 Å². The van der Waals surface area contributed by atoms with Crippen LogP contribution in [0.4, 0.5) is 5.69 Å². The van der Waals surface area contributed by atoms with Crippen molar-refractivity contribution in [3.63, 3.8) is 0 Å². The molecule has 0 fully saturated rings. The van der Waals surface area contributed by atoms with Crippen LogP contribution in [-0.2, 0) is 22.6 Å². The first kappa shape index (κ1) is 26.0. The van der Waals surface area contributed by atoms with Crippen LogP contribution in [0.5, 0.6) is 0 Å². The van der Waals surface area contributed by atoms with Gasteiger partial charge in [0.25, 0.3) is 0 Å². The molecular formula is C26H34IN5O2. The first-order valence-electron chi connectivity index (χ1n) is 11.9. The first-order valence-corrected chi connectivity index (χ1v) is 11.9. The summed E-state index contributed by atoms with van der Waals surface area (Å²) in [5.41, 5.74) is 4.62. The zero-order chi connectivity index (χ0) is 23.0. The Hall–Kier alpha value is -2.62. The Kier molecular flexibility index (Phi) is 9.74. The number of halogens is 1. The summed E-state index contributed by atoms with van der Waals surface area (Å²) in [7, 11) is 0. The van der Waals surface area contributed by atoms with Crippen LogP contribution >= 0.6 is 24.0 Å². The number of guanidine groups is 1. The molecule has 7 nitrogen and oxygen atoms in total. The summed E-state index contributed by atoms with van der Waals surface area (Å²) in [4.78, 5) is 31.4. The maximum Gasteiger partial charge on any atom is 0.225 e. The van der Waals surface area contributed by atoms with Crippen molar-refractivity contribution in [2.45, 2.75) is 45.1 Å². The van der Waals surface area contributed by atoms with Crippen LogP contribution in [0.25, 0.3) is 0 Å². The quantitative estimate of drug-likeness (QED) is 0.204. The number of amides is 2. The molecular weight excluding hydrogens is 541 g/mol. The summed E-state index contributed by atoms with van der Waals surface area (Å²) in [6.45, 7) is 5.49. The zero-order valence-electron chi connectivity index (χ0n) is 19.7. The fraction of sp³-hybridized carbons (Fsp3) is 0.423. The summed E-state index contributed by atoms with van der Waals surface area (Å²) < 4.78 is 0. The molecule has 182 valence electrons. The van der Waals surface area contributed by atoms with E-state index in [0.29, 0.717) is 32.5 Å². The topological polar surface area (TPSA) is 85.8 Å². The Morgan fingerprint density at radius 2 is 1.88 bits per heavy atom. The van der Waals surface area contributed by atoms with E-state index in [0.717, 1.165) is 43.1 Å². The molecule has 0 saturated heterocycles. The van der Waals surface area contributed by atoms with E-state index in [2.05, 4.69) is 40.2 Å². The molecule has 0 aliphatic carbocycles. The van der Waals surface area contributed by atoms with Gasteiger partial charge in [-0.15, -0.1) is 24.0 Å². The average Bonchev–Trinajstić information content (AvgIpc) is 2.84. The van der Waals surface area contributed by atoms with Gasteiger partial charge in [-0.2, -0.15) is 0 Å². The van der Waals surface area contributed by atoms with E-state index in [1.165, 1.54) is 11.1 Å². The van der Waals surface area contributed by atoms with Crippen LogP contribution in [0.15, 0.2) is 53.5 Å². The normalized spacial score (nSPS) is 17.1. The summed E-state index contributed by atoms with van der Waals surface area (Å²) in [5.74, 6) is 1.03. The van der Waals surface area contributed by atoms with Crippen LogP contribution in [0.3, 0.4) is 0 Å². The van der Waals surface area contributed by atoms with E-state index in [-0.39, 0.29) is 41.7 Å². The van der Waals surface area contributed by atoms with Gasteiger partial charge in [-0.25, -0.2) is 0 Å².